The van der Waals surface area contributed by atoms with Crippen LogP contribution in [0.15, 0.2) is 36.5 Å². The summed E-state index contributed by atoms with van der Waals surface area (Å²) in [4.78, 5) is 14.2. The molecule has 0 unspecified atom stereocenters. The van der Waals surface area contributed by atoms with Gasteiger partial charge in [0.25, 0.3) is 5.69 Å². The van der Waals surface area contributed by atoms with Crippen LogP contribution in [0, 0.1) is 24.0 Å². The molecule has 0 spiro atoms. The summed E-state index contributed by atoms with van der Waals surface area (Å²) in [5.74, 6) is 0. The Labute approximate surface area is 130 Å². The minimum atomic E-state index is -0.316. The zero-order valence-electron chi connectivity index (χ0n) is 11.5. The molecule has 0 aliphatic carbocycles. The maximum absolute atomic E-state index is 11.4. The van der Waals surface area contributed by atoms with E-state index in [1.54, 1.807) is 23.6 Å². The molecule has 0 amide bonds. The normalized spacial score (nSPS) is 10.8. The Hall–Kier alpha value is -2.05. The fourth-order valence-electron chi connectivity index (χ4n) is 2.21. The van der Waals surface area contributed by atoms with E-state index in [0.29, 0.717) is 5.56 Å². The maximum Gasteiger partial charge on any atom is 0.278 e. The molecule has 21 heavy (non-hydrogen) atoms. The number of aryl methyl sites for hydroxylation is 2. The standard InChI is InChI=1S/C15H12N2O2S2/c1-9-3-6-15(20-9)12-5-4-11(7-14(12)17(18)19)13-8-16-21-10(13)2/h3-8H,1-2H3. The number of nitrogens with zero attached hydrogens (tertiary/aromatic N) is 2. The smallest absolute Gasteiger partial charge is 0.258 e. The van der Waals surface area contributed by atoms with Crippen LogP contribution in [0.4, 0.5) is 5.69 Å². The van der Waals surface area contributed by atoms with Gasteiger partial charge in [0.2, 0.25) is 0 Å². The molecular weight excluding hydrogens is 304 g/mol. The van der Waals surface area contributed by atoms with Crippen molar-refractivity contribution in [2.24, 2.45) is 0 Å². The van der Waals surface area contributed by atoms with Crippen molar-refractivity contribution in [2.75, 3.05) is 0 Å². The van der Waals surface area contributed by atoms with E-state index in [2.05, 4.69) is 4.37 Å². The molecule has 1 aromatic carbocycles. The predicted molar refractivity (Wildman–Crippen MR) is 87.0 cm³/mol. The van der Waals surface area contributed by atoms with Crippen LogP contribution in [-0.4, -0.2) is 9.30 Å². The molecular formula is C15H12N2O2S2. The molecule has 2 heterocycles. The van der Waals surface area contributed by atoms with E-state index in [1.165, 1.54) is 11.5 Å². The van der Waals surface area contributed by atoms with Crippen molar-refractivity contribution in [2.45, 2.75) is 13.8 Å². The van der Waals surface area contributed by atoms with Gasteiger partial charge in [-0.25, -0.2) is 4.37 Å². The summed E-state index contributed by atoms with van der Waals surface area (Å²) < 4.78 is 4.13. The first-order valence-corrected chi connectivity index (χ1v) is 7.92. The molecule has 2 aromatic heterocycles. The van der Waals surface area contributed by atoms with E-state index in [-0.39, 0.29) is 10.6 Å². The largest absolute Gasteiger partial charge is 0.278 e. The average molecular weight is 316 g/mol. The van der Waals surface area contributed by atoms with Crippen molar-refractivity contribution in [3.8, 4) is 21.6 Å². The van der Waals surface area contributed by atoms with Crippen molar-refractivity contribution in [1.29, 1.82) is 0 Å². The molecule has 0 radical (unpaired) electrons. The Kier molecular flexibility index (Phi) is 3.57. The second-order valence-corrected chi connectivity index (χ2v) is 6.99. The monoisotopic (exact) mass is 316 g/mol. The molecule has 6 heteroatoms. The highest BCUT2D eigenvalue weighted by Crippen LogP contribution is 2.38. The number of rotatable bonds is 3. The molecule has 4 nitrogen and oxygen atoms in total. The number of nitro benzene ring substituents is 1. The lowest BCUT2D eigenvalue weighted by molar-refractivity contribution is -0.384. The Morgan fingerprint density at radius 2 is 1.95 bits per heavy atom. The molecule has 0 atom stereocenters. The van der Waals surface area contributed by atoms with Gasteiger partial charge >= 0.3 is 0 Å². The third kappa shape index (κ3) is 2.59. The third-order valence-electron chi connectivity index (χ3n) is 3.26. The van der Waals surface area contributed by atoms with Gasteiger partial charge in [-0.05, 0) is 49.1 Å². The van der Waals surface area contributed by atoms with Crippen LogP contribution in [0.5, 0.6) is 0 Å². The quantitative estimate of drug-likeness (QED) is 0.501. The summed E-state index contributed by atoms with van der Waals surface area (Å²) in [5.41, 5.74) is 2.60. The lowest BCUT2D eigenvalue weighted by Gasteiger charge is -2.04. The van der Waals surface area contributed by atoms with E-state index in [4.69, 9.17) is 0 Å². The molecule has 3 rings (SSSR count). The van der Waals surface area contributed by atoms with Gasteiger partial charge < -0.3 is 0 Å². The summed E-state index contributed by atoms with van der Waals surface area (Å²) in [6.07, 6.45) is 1.76. The van der Waals surface area contributed by atoms with Crippen molar-refractivity contribution >= 4 is 28.6 Å². The number of thiophene rings is 1. The molecule has 0 fully saturated rings. The highest BCUT2D eigenvalue weighted by atomic mass is 32.1. The SMILES string of the molecule is Cc1ccc(-c2ccc(-c3cnsc3C)cc2[N+](=O)[O-])s1. The zero-order valence-corrected chi connectivity index (χ0v) is 13.1. The van der Waals surface area contributed by atoms with Crippen molar-refractivity contribution in [1.82, 2.24) is 4.37 Å². The third-order valence-corrected chi connectivity index (χ3v) is 5.00. The van der Waals surface area contributed by atoms with Crippen molar-refractivity contribution in [3.05, 3.63) is 56.4 Å². The first-order valence-electron chi connectivity index (χ1n) is 6.33. The minimum Gasteiger partial charge on any atom is -0.258 e. The molecule has 0 aliphatic rings. The van der Waals surface area contributed by atoms with Crippen molar-refractivity contribution in [3.63, 3.8) is 0 Å². The second kappa shape index (κ2) is 5.38. The van der Waals surface area contributed by atoms with Crippen LogP contribution in [0.25, 0.3) is 21.6 Å². The Morgan fingerprint density at radius 3 is 2.52 bits per heavy atom. The summed E-state index contributed by atoms with van der Waals surface area (Å²) in [7, 11) is 0. The summed E-state index contributed by atoms with van der Waals surface area (Å²) in [6.45, 7) is 3.96. The van der Waals surface area contributed by atoms with E-state index in [0.717, 1.165) is 25.8 Å². The Balaban J connectivity index is 2.16. The highest BCUT2D eigenvalue weighted by Gasteiger charge is 2.18. The predicted octanol–water partition coefficient (Wildman–Crippen LogP) is 5.06. The topological polar surface area (TPSA) is 56.0 Å². The van der Waals surface area contributed by atoms with Gasteiger partial charge in [-0.15, -0.1) is 11.3 Å². The van der Waals surface area contributed by atoms with E-state index < -0.39 is 0 Å². The second-order valence-electron chi connectivity index (χ2n) is 4.69. The lowest BCUT2D eigenvalue weighted by Crippen LogP contribution is -1.92. The lowest BCUT2D eigenvalue weighted by atomic mass is 10.0. The highest BCUT2D eigenvalue weighted by molar-refractivity contribution is 7.15. The van der Waals surface area contributed by atoms with E-state index >= 15 is 0 Å². The zero-order chi connectivity index (χ0) is 15.0. The van der Waals surface area contributed by atoms with Gasteiger partial charge in [-0.2, -0.15) is 0 Å². The summed E-state index contributed by atoms with van der Waals surface area (Å²) >= 11 is 2.96. The first-order chi connectivity index (χ1) is 10.1. The summed E-state index contributed by atoms with van der Waals surface area (Å²) in [5, 5.41) is 11.4. The van der Waals surface area contributed by atoms with Crippen LogP contribution in [0.3, 0.4) is 0 Å². The molecule has 0 N–H and O–H groups in total. The molecule has 106 valence electrons. The Bertz CT molecular complexity index is 821. The number of nitro groups is 1. The maximum atomic E-state index is 11.4. The molecule has 3 aromatic rings. The molecule has 0 aliphatic heterocycles. The Morgan fingerprint density at radius 1 is 1.14 bits per heavy atom. The van der Waals surface area contributed by atoms with Gasteiger partial charge in [0.1, 0.15) is 0 Å². The number of benzene rings is 1. The van der Waals surface area contributed by atoms with Crippen LogP contribution >= 0.6 is 22.9 Å². The van der Waals surface area contributed by atoms with Crippen LogP contribution < -0.4 is 0 Å². The van der Waals surface area contributed by atoms with Crippen LogP contribution in [0.1, 0.15) is 9.75 Å². The first kappa shape index (κ1) is 13.9. The summed E-state index contributed by atoms with van der Waals surface area (Å²) in [6, 6.07) is 9.30. The van der Waals surface area contributed by atoms with Crippen molar-refractivity contribution < 1.29 is 4.92 Å². The van der Waals surface area contributed by atoms with Gasteiger partial charge in [0, 0.05) is 32.5 Å². The molecule has 0 bridgehead atoms. The number of hydrogen-bond donors (Lipinski definition) is 0. The van der Waals surface area contributed by atoms with Gasteiger partial charge in [-0.1, -0.05) is 6.07 Å². The van der Waals surface area contributed by atoms with Crippen LogP contribution in [-0.2, 0) is 0 Å². The minimum absolute atomic E-state index is 0.139. The fraction of sp³-hybridized carbons (Fsp3) is 0.133. The number of hydrogen-bond acceptors (Lipinski definition) is 5. The van der Waals surface area contributed by atoms with Gasteiger partial charge in [-0.3, -0.25) is 10.1 Å². The van der Waals surface area contributed by atoms with E-state index in [9.17, 15) is 10.1 Å². The fourth-order valence-corrected chi connectivity index (χ4v) is 3.70. The van der Waals surface area contributed by atoms with Gasteiger partial charge in [0.15, 0.2) is 0 Å². The molecule has 0 saturated heterocycles. The number of aromatic nitrogens is 1. The average Bonchev–Trinajstić information content (AvgIpc) is 3.07. The van der Waals surface area contributed by atoms with E-state index in [1.807, 2.05) is 38.1 Å². The van der Waals surface area contributed by atoms with Crippen LogP contribution in [0.2, 0.25) is 0 Å². The molecule has 0 saturated carbocycles. The van der Waals surface area contributed by atoms with Gasteiger partial charge in [0.05, 0.1) is 10.5 Å².